The summed E-state index contributed by atoms with van der Waals surface area (Å²) in [5, 5.41) is 10.2. The quantitative estimate of drug-likeness (QED) is 0.807. The van der Waals surface area contributed by atoms with Gasteiger partial charge in [-0.2, -0.15) is 0 Å². The second kappa shape index (κ2) is 8.18. The molecule has 1 aromatic heterocycles. The minimum atomic E-state index is -4.76. The molecule has 1 heterocycles. The minimum absolute atomic E-state index is 0.0315. The molecule has 0 saturated heterocycles. The fourth-order valence-electron chi connectivity index (χ4n) is 3.55. The lowest BCUT2D eigenvalue weighted by atomic mass is 9.82. The van der Waals surface area contributed by atoms with Crippen LogP contribution in [-0.2, 0) is 6.42 Å². The number of benzene rings is 1. The van der Waals surface area contributed by atoms with Gasteiger partial charge in [0.15, 0.2) is 0 Å². The number of pyridine rings is 1. The first-order valence-corrected chi connectivity index (χ1v) is 9.06. The van der Waals surface area contributed by atoms with Crippen molar-refractivity contribution in [1.29, 1.82) is 0 Å². The predicted octanol–water partition coefficient (Wildman–Crippen LogP) is 3.84. The number of aliphatic hydroxyl groups is 1. The zero-order valence-corrected chi connectivity index (χ0v) is 15.1. The SMILES string of the molecule is NC(=O)c1cc(-c2ccc(OC(F)(F)F)cc2)cnc1CC1CCCCC1O. The number of aromatic nitrogens is 1. The molecule has 5 nitrogen and oxygen atoms in total. The van der Waals surface area contributed by atoms with Gasteiger partial charge in [-0.25, -0.2) is 0 Å². The maximum atomic E-state index is 12.3. The van der Waals surface area contributed by atoms with Crippen molar-refractivity contribution >= 4 is 5.91 Å². The molecule has 3 rings (SSSR count). The van der Waals surface area contributed by atoms with Crippen LogP contribution in [0, 0.1) is 5.92 Å². The Kier molecular flexibility index (Phi) is 5.88. The predicted molar refractivity (Wildman–Crippen MR) is 96.5 cm³/mol. The van der Waals surface area contributed by atoms with Gasteiger partial charge in [0.2, 0.25) is 0 Å². The van der Waals surface area contributed by atoms with E-state index in [1.165, 1.54) is 24.3 Å². The number of carbonyl (C=O) groups is 1. The summed E-state index contributed by atoms with van der Waals surface area (Å²) in [6.45, 7) is 0. The summed E-state index contributed by atoms with van der Waals surface area (Å²) in [6.07, 6.45) is 0.447. The van der Waals surface area contributed by atoms with Crippen LogP contribution in [0.25, 0.3) is 11.1 Å². The fraction of sp³-hybridized carbons (Fsp3) is 0.400. The third-order valence-corrected chi connectivity index (χ3v) is 4.98. The van der Waals surface area contributed by atoms with Crippen LogP contribution in [0.15, 0.2) is 36.5 Å². The molecule has 0 radical (unpaired) electrons. The number of rotatable bonds is 5. The van der Waals surface area contributed by atoms with Crippen molar-refractivity contribution in [3.05, 3.63) is 47.8 Å². The summed E-state index contributed by atoms with van der Waals surface area (Å²) in [7, 11) is 0. The van der Waals surface area contributed by atoms with Crippen LogP contribution in [-0.4, -0.2) is 28.5 Å². The van der Waals surface area contributed by atoms with Gasteiger partial charge in [-0.1, -0.05) is 25.0 Å². The van der Waals surface area contributed by atoms with E-state index in [4.69, 9.17) is 5.73 Å². The van der Waals surface area contributed by atoms with Gasteiger partial charge in [-0.05, 0) is 48.9 Å². The number of primary amides is 1. The average molecular weight is 394 g/mol. The first-order valence-electron chi connectivity index (χ1n) is 9.06. The largest absolute Gasteiger partial charge is 0.573 e. The number of aliphatic hydroxyl groups excluding tert-OH is 1. The highest BCUT2D eigenvalue weighted by atomic mass is 19.4. The van der Waals surface area contributed by atoms with E-state index in [9.17, 15) is 23.1 Å². The third kappa shape index (κ3) is 5.01. The summed E-state index contributed by atoms with van der Waals surface area (Å²) in [6, 6.07) is 6.87. The van der Waals surface area contributed by atoms with Gasteiger partial charge < -0.3 is 15.6 Å². The Balaban J connectivity index is 1.83. The van der Waals surface area contributed by atoms with E-state index in [2.05, 4.69) is 9.72 Å². The summed E-state index contributed by atoms with van der Waals surface area (Å²) in [5.74, 6) is -0.932. The van der Waals surface area contributed by atoms with Crippen LogP contribution in [0.3, 0.4) is 0 Å². The molecule has 2 unspecified atom stereocenters. The Hall–Kier alpha value is -2.61. The number of nitrogens with zero attached hydrogens (tertiary/aromatic N) is 1. The molecule has 3 N–H and O–H groups in total. The van der Waals surface area contributed by atoms with Crippen LogP contribution in [0.2, 0.25) is 0 Å². The highest BCUT2D eigenvalue weighted by molar-refractivity contribution is 5.95. The second-order valence-corrected chi connectivity index (χ2v) is 6.97. The van der Waals surface area contributed by atoms with Crippen LogP contribution in [0.5, 0.6) is 5.75 Å². The molecule has 8 heteroatoms. The molecule has 150 valence electrons. The number of hydrogen-bond acceptors (Lipinski definition) is 4. The first kappa shape index (κ1) is 20.1. The molecule has 0 spiro atoms. The molecule has 1 aromatic carbocycles. The number of halogens is 3. The van der Waals surface area contributed by atoms with E-state index in [0.29, 0.717) is 23.2 Å². The molecule has 2 atom stereocenters. The standard InChI is InChI=1S/C20H21F3N2O3/c21-20(22,23)28-15-7-5-12(6-8-15)14-9-16(19(24)27)17(25-11-14)10-13-3-1-2-4-18(13)26/h5-9,11,13,18,26H,1-4,10H2,(H2,24,27). The molecular weight excluding hydrogens is 373 g/mol. The molecule has 1 aliphatic rings. The number of ether oxygens (including phenoxy) is 1. The zero-order valence-electron chi connectivity index (χ0n) is 15.1. The van der Waals surface area contributed by atoms with Gasteiger partial charge in [-0.3, -0.25) is 9.78 Å². The summed E-state index contributed by atoms with van der Waals surface area (Å²) < 4.78 is 40.7. The smallest absolute Gasteiger partial charge is 0.406 e. The van der Waals surface area contributed by atoms with Gasteiger partial charge in [0.25, 0.3) is 5.91 Å². The zero-order chi connectivity index (χ0) is 20.3. The van der Waals surface area contributed by atoms with E-state index in [1.807, 2.05) is 0 Å². The van der Waals surface area contributed by atoms with Crippen molar-refractivity contribution < 1.29 is 27.8 Å². The van der Waals surface area contributed by atoms with Crippen molar-refractivity contribution in [2.24, 2.45) is 11.7 Å². The molecule has 1 saturated carbocycles. The van der Waals surface area contributed by atoms with Gasteiger partial charge in [0.05, 0.1) is 17.4 Å². The number of amides is 1. The molecular formula is C20H21F3N2O3. The number of alkyl halides is 3. The minimum Gasteiger partial charge on any atom is -0.406 e. The lowest BCUT2D eigenvalue weighted by Gasteiger charge is -2.27. The Labute approximate surface area is 160 Å². The van der Waals surface area contributed by atoms with Crippen LogP contribution < -0.4 is 10.5 Å². The van der Waals surface area contributed by atoms with E-state index in [1.54, 1.807) is 12.3 Å². The Morgan fingerprint density at radius 2 is 1.86 bits per heavy atom. The lowest BCUT2D eigenvalue weighted by Crippen LogP contribution is -2.27. The number of carbonyl (C=O) groups excluding carboxylic acids is 1. The van der Waals surface area contributed by atoms with Crippen LogP contribution >= 0.6 is 0 Å². The van der Waals surface area contributed by atoms with Crippen molar-refractivity contribution in [3.8, 4) is 16.9 Å². The molecule has 1 aliphatic carbocycles. The maximum Gasteiger partial charge on any atom is 0.573 e. The Bertz CT molecular complexity index is 838. The van der Waals surface area contributed by atoms with Crippen molar-refractivity contribution in [3.63, 3.8) is 0 Å². The van der Waals surface area contributed by atoms with Crippen molar-refractivity contribution in [2.75, 3.05) is 0 Å². The van der Waals surface area contributed by atoms with Crippen molar-refractivity contribution in [2.45, 2.75) is 44.6 Å². The summed E-state index contributed by atoms with van der Waals surface area (Å²) >= 11 is 0. The second-order valence-electron chi connectivity index (χ2n) is 6.97. The highest BCUT2D eigenvalue weighted by Gasteiger charge is 2.31. The van der Waals surface area contributed by atoms with E-state index < -0.39 is 18.4 Å². The van der Waals surface area contributed by atoms with E-state index in [-0.39, 0.29) is 17.2 Å². The lowest BCUT2D eigenvalue weighted by molar-refractivity contribution is -0.274. The normalized spacial score (nSPS) is 20.0. The summed E-state index contributed by atoms with van der Waals surface area (Å²) in [5.41, 5.74) is 7.42. The molecule has 1 amide bonds. The van der Waals surface area contributed by atoms with Crippen LogP contribution in [0.1, 0.15) is 41.7 Å². The Morgan fingerprint density at radius 1 is 1.18 bits per heavy atom. The topological polar surface area (TPSA) is 85.4 Å². The average Bonchev–Trinajstić information content (AvgIpc) is 2.63. The monoisotopic (exact) mass is 394 g/mol. The molecule has 1 fully saturated rings. The number of hydrogen-bond donors (Lipinski definition) is 2. The van der Waals surface area contributed by atoms with Crippen molar-refractivity contribution in [1.82, 2.24) is 4.98 Å². The Morgan fingerprint density at radius 3 is 2.46 bits per heavy atom. The third-order valence-electron chi connectivity index (χ3n) is 4.98. The number of nitrogens with two attached hydrogens (primary N) is 1. The van der Waals surface area contributed by atoms with Gasteiger partial charge in [-0.15, -0.1) is 13.2 Å². The molecule has 2 aromatic rings. The molecule has 28 heavy (non-hydrogen) atoms. The van der Waals surface area contributed by atoms with Crippen LogP contribution in [0.4, 0.5) is 13.2 Å². The molecule has 0 aliphatic heterocycles. The van der Waals surface area contributed by atoms with E-state index >= 15 is 0 Å². The van der Waals surface area contributed by atoms with Gasteiger partial charge >= 0.3 is 6.36 Å². The fourth-order valence-corrected chi connectivity index (χ4v) is 3.55. The molecule has 0 bridgehead atoms. The summed E-state index contributed by atoms with van der Waals surface area (Å²) in [4.78, 5) is 16.3. The van der Waals surface area contributed by atoms with E-state index in [0.717, 1.165) is 25.7 Å². The van der Waals surface area contributed by atoms with Gasteiger partial charge in [0, 0.05) is 11.8 Å². The highest BCUT2D eigenvalue weighted by Crippen LogP contribution is 2.30. The maximum absolute atomic E-state index is 12.3. The first-order chi connectivity index (χ1) is 13.2. The van der Waals surface area contributed by atoms with Gasteiger partial charge in [0.1, 0.15) is 5.75 Å².